The van der Waals surface area contributed by atoms with E-state index in [2.05, 4.69) is 83.1 Å². The Labute approximate surface area is 227 Å². The van der Waals surface area contributed by atoms with E-state index in [1.807, 2.05) is 22.9 Å². The first-order valence-electron chi connectivity index (χ1n) is 13.5. The van der Waals surface area contributed by atoms with Crippen LogP contribution in [0.15, 0.2) is 41.2 Å². The van der Waals surface area contributed by atoms with Crippen molar-refractivity contribution in [3.05, 3.63) is 74.8 Å². The number of tetrazole rings is 1. The quantitative estimate of drug-likeness (QED) is 0.419. The number of ether oxygens (including phenoxy) is 2. The van der Waals surface area contributed by atoms with E-state index in [-0.39, 0.29) is 23.9 Å². The van der Waals surface area contributed by atoms with Crippen LogP contribution in [0.3, 0.4) is 0 Å². The van der Waals surface area contributed by atoms with E-state index in [1.54, 1.807) is 0 Å². The maximum absolute atomic E-state index is 13.6. The van der Waals surface area contributed by atoms with Crippen molar-refractivity contribution >= 4 is 10.9 Å². The molecule has 204 valence electrons. The molecular weight excluding hydrogens is 494 g/mol. The van der Waals surface area contributed by atoms with Crippen molar-refractivity contribution in [2.75, 3.05) is 33.0 Å². The van der Waals surface area contributed by atoms with Crippen LogP contribution in [0.2, 0.25) is 0 Å². The summed E-state index contributed by atoms with van der Waals surface area (Å²) < 4.78 is 12.9. The maximum Gasteiger partial charge on any atom is 0.253 e. The highest BCUT2D eigenvalue weighted by atomic mass is 16.7. The second-order valence-electron chi connectivity index (χ2n) is 11.6. The lowest BCUT2D eigenvalue weighted by Crippen LogP contribution is -2.49. The Bertz CT molecular complexity index is 1580. The number of hydrogen-bond acceptors (Lipinski definition) is 8. The van der Waals surface area contributed by atoms with Crippen molar-refractivity contribution < 1.29 is 9.47 Å². The Morgan fingerprint density at radius 1 is 0.974 bits per heavy atom. The van der Waals surface area contributed by atoms with E-state index < -0.39 is 0 Å². The van der Waals surface area contributed by atoms with Gasteiger partial charge in [-0.3, -0.25) is 14.6 Å². The van der Waals surface area contributed by atoms with E-state index in [9.17, 15) is 4.79 Å². The molecule has 1 atom stereocenters. The molecule has 6 rings (SSSR count). The SMILES string of the molecule is Cc1cc2cc([C@@H](c3nnnn3C(C)(C)C)N3CCN(Cc4ccc5c(c4)OCO5)CC3)c(=O)[nH]c2cc1C. The molecular formula is C29H35N7O3. The van der Waals surface area contributed by atoms with Crippen molar-refractivity contribution in [1.29, 1.82) is 0 Å². The van der Waals surface area contributed by atoms with Crippen LogP contribution >= 0.6 is 0 Å². The largest absolute Gasteiger partial charge is 0.454 e. The van der Waals surface area contributed by atoms with Crippen LogP contribution in [0, 0.1) is 13.8 Å². The summed E-state index contributed by atoms with van der Waals surface area (Å²) in [5.74, 6) is 2.29. The van der Waals surface area contributed by atoms with Crippen LogP contribution in [0.5, 0.6) is 11.5 Å². The Morgan fingerprint density at radius 3 is 2.49 bits per heavy atom. The maximum atomic E-state index is 13.6. The number of hydrogen-bond donors (Lipinski definition) is 1. The van der Waals surface area contributed by atoms with E-state index >= 15 is 0 Å². The molecule has 10 heteroatoms. The minimum absolute atomic E-state index is 0.109. The Hall–Kier alpha value is -3.76. The van der Waals surface area contributed by atoms with Crippen molar-refractivity contribution in [3.63, 3.8) is 0 Å². The van der Waals surface area contributed by atoms with Gasteiger partial charge >= 0.3 is 0 Å². The molecule has 39 heavy (non-hydrogen) atoms. The van der Waals surface area contributed by atoms with Gasteiger partial charge in [-0.25, -0.2) is 4.68 Å². The van der Waals surface area contributed by atoms with E-state index in [4.69, 9.17) is 9.47 Å². The van der Waals surface area contributed by atoms with E-state index in [0.29, 0.717) is 11.4 Å². The molecule has 0 spiro atoms. The fourth-order valence-electron chi connectivity index (χ4n) is 5.52. The molecule has 1 fully saturated rings. The first kappa shape index (κ1) is 25.5. The summed E-state index contributed by atoms with van der Waals surface area (Å²) in [6.07, 6.45) is 0. The zero-order valence-electron chi connectivity index (χ0n) is 23.2. The number of nitrogens with zero attached hydrogens (tertiary/aromatic N) is 6. The van der Waals surface area contributed by atoms with Gasteiger partial charge in [0.2, 0.25) is 6.79 Å². The Morgan fingerprint density at radius 2 is 1.72 bits per heavy atom. The first-order valence-corrected chi connectivity index (χ1v) is 13.5. The van der Waals surface area contributed by atoms with Crippen LogP contribution in [0.25, 0.3) is 10.9 Å². The van der Waals surface area contributed by atoms with Crippen molar-refractivity contribution in [2.24, 2.45) is 0 Å². The number of rotatable bonds is 5. The summed E-state index contributed by atoms with van der Waals surface area (Å²) in [5.41, 5.74) is 4.59. The smallest absolute Gasteiger partial charge is 0.253 e. The summed E-state index contributed by atoms with van der Waals surface area (Å²) in [4.78, 5) is 21.5. The highest BCUT2D eigenvalue weighted by molar-refractivity contribution is 5.81. The van der Waals surface area contributed by atoms with Crippen molar-refractivity contribution in [2.45, 2.75) is 52.7 Å². The van der Waals surface area contributed by atoms with Crippen LogP contribution in [-0.2, 0) is 12.1 Å². The second kappa shape index (κ2) is 9.77. The molecule has 2 aliphatic rings. The van der Waals surface area contributed by atoms with Gasteiger partial charge in [0, 0.05) is 43.8 Å². The molecule has 2 aromatic heterocycles. The normalized spacial score (nSPS) is 17.2. The van der Waals surface area contributed by atoms with Gasteiger partial charge in [0.15, 0.2) is 17.3 Å². The van der Waals surface area contributed by atoms with Gasteiger partial charge in [0.25, 0.3) is 5.56 Å². The predicted molar refractivity (Wildman–Crippen MR) is 148 cm³/mol. The Balaban J connectivity index is 1.32. The summed E-state index contributed by atoms with van der Waals surface area (Å²) in [6, 6.07) is 12.0. The molecule has 4 aromatic rings. The van der Waals surface area contributed by atoms with Gasteiger partial charge in [-0.2, -0.15) is 0 Å². The minimum atomic E-state index is -0.373. The highest BCUT2D eigenvalue weighted by Crippen LogP contribution is 2.34. The lowest BCUT2D eigenvalue weighted by Gasteiger charge is -2.39. The molecule has 10 nitrogen and oxygen atoms in total. The lowest BCUT2D eigenvalue weighted by atomic mass is 9.99. The highest BCUT2D eigenvalue weighted by Gasteiger charge is 2.35. The summed E-state index contributed by atoms with van der Waals surface area (Å²) in [5, 5.41) is 13.9. The van der Waals surface area contributed by atoms with Crippen molar-refractivity contribution in [3.8, 4) is 11.5 Å². The average Bonchev–Trinajstić information content (AvgIpc) is 3.56. The molecule has 0 unspecified atom stereocenters. The number of benzene rings is 2. The van der Waals surface area contributed by atoms with E-state index in [1.165, 1.54) is 11.1 Å². The number of aromatic amines is 1. The molecule has 0 bridgehead atoms. The zero-order chi connectivity index (χ0) is 27.3. The van der Waals surface area contributed by atoms with Crippen LogP contribution in [-0.4, -0.2) is 68.0 Å². The Kier molecular flexibility index (Phi) is 6.39. The monoisotopic (exact) mass is 529 g/mol. The number of fused-ring (bicyclic) bond motifs is 2. The minimum Gasteiger partial charge on any atom is -0.454 e. The fourth-order valence-corrected chi connectivity index (χ4v) is 5.52. The van der Waals surface area contributed by atoms with Crippen LogP contribution < -0.4 is 15.0 Å². The molecule has 0 saturated carbocycles. The third-order valence-electron chi connectivity index (χ3n) is 7.77. The van der Waals surface area contributed by atoms with Crippen LogP contribution in [0.4, 0.5) is 0 Å². The molecule has 0 aliphatic carbocycles. The first-order chi connectivity index (χ1) is 18.7. The third-order valence-corrected chi connectivity index (χ3v) is 7.77. The number of H-pyrrole nitrogens is 1. The standard InChI is InChI=1S/C29H35N7O3/c1-18-12-21-15-22(28(37)30-23(21)13-19(18)2)26(27-31-32-33-36(27)29(3,4)5)35-10-8-34(9-11-35)16-20-6-7-24-25(14-20)39-17-38-24/h6-7,12-15,26H,8-11,16-17H2,1-5H3,(H,30,37)/t26-/m0/s1. The molecule has 1 saturated heterocycles. The summed E-state index contributed by atoms with van der Waals surface area (Å²) in [7, 11) is 0. The molecule has 0 amide bonds. The van der Waals surface area contributed by atoms with Crippen LogP contribution in [0.1, 0.15) is 54.9 Å². The number of nitrogens with one attached hydrogen (secondary N) is 1. The lowest BCUT2D eigenvalue weighted by molar-refractivity contribution is 0.0975. The van der Waals surface area contributed by atoms with Gasteiger partial charge in [-0.15, -0.1) is 5.10 Å². The number of piperazine rings is 1. The topological polar surface area (TPSA) is 101 Å². The number of pyridine rings is 1. The van der Waals surface area contributed by atoms with Gasteiger partial charge in [-0.05, 0) is 97.5 Å². The molecule has 4 heterocycles. The average molecular weight is 530 g/mol. The van der Waals surface area contributed by atoms with Gasteiger partial charge in [-0.1, -0.05) is 6.07 Å². The van der Waals surface area contributed by atoms with Crippen molar-refractivity contribution in [1.82, 2.24) is 35.0 Å². The number of aryl methyl sites for hydroxylation is 2. The second-order valence-corrected chi connectivity index (χ2v) is 11.6. The van der Waals surface area contributed by atoms with E-state index in [0.717, 1.165) is 60.7 Å². The number of aromatic nitrogens is 5. The van der Waals surface area contributed by atoms with Gasteiger partial charge < -0.3 is 14.5 Å². The predicted octanol–water partition coefficient (Wildman–Crippen LogP) is 3.52. The van der Waals surface area contributed by atoms with Gasteiger partial charge in [0.05, 0.1) is 5.54 Å². The molecule has 2 aromatic carbocycles. The summed E-state index contributed by atoms with van der Waals surface area (Å²) >= 11 is 0. The fraction of sp³-hybridized carbons (Fsp3) is 0.448. The summed E-state index contributed by atoms with van der Waals surface area (Å²) in [6.45, 7) is 14.7. The third kappa shape index (κ3) is 4.90. The molecule has 1 N–H and O–H groups in total. The van der Waals surface area contributed by atoms with Gasteiger partial charge in [0.1, 0.15) is 6.04 Å². The molecule has 2 aliphatic heterocycles. The zero-order valence-corrected chi connectivity index (χ0v) is 23.2. The molecule has 0 radical (unpaired) electrons.